The van der Waals surface area contributed by atoms with Gasteiger partial charge in [-0.1, -0.05) is 0 Å². The average Bonchev–Trinajstić information content (AvgIpc) is 3.14. The zero-order valence-electron chi connectivity index (χ0n) is 17.4. The van der Waals surface area contributed by atoms with Crippen molar-refractivity contribution in [1.82, 2.24) is 14.9 Å². The largest absolute Gasteiger partial charge is 0.465 e. The van der Waals surface area contributed by atoms with E-state index >= 15 is 0 Å². The molecule has 2 aliphatic rings. The monoisotopic (exact) mass is 432 g/mol. The smallest absolute Gasteiger partial charge is 0.337 e. The fourth-order valence-corrected chi connectivity index (χ4v) is 4.52. The van der Waals surface area contributed by atoms with Gasteiger partial charge in [0.05, 0.1) is 24.4 Å². The molecule has 2 unspecified atom stereocenters. The molecule has 1 aromatic heterocycles. The van der Waals surface area contributed by atoms with Gasteiger partial charge >= 0.3 is 12.0 Å². The number of amides is 2. The lowest BCUT2D eigenvalue weighted by molar-refractivity contribution is 0.0600. The number of nitrogens with one attached hydrogen (secondary N) is 1. The first-order valence-electron chi connectivity index (χ1n) is 10.4. The van der Waals surface area contributed by atoms with Gasteiger partial charge in [-0.05, 0) is 61.4 Å². The number of hydrogen-bond acceptors (Lipinski definition) is 5. The van der Waals surface area contributed by atoms with E-state index in [1.807, 2.05) is 4.90 Å². The first kappa shape index (κ1) is 20.1. The van der Waals surface area contributed by atoms with E-state index in [9.17, 15) is 14.0 Å². The minimum Gasteiger partial charge on any atom is -0.465 e. The summed E-state index contributed by atoms with van der Waals surface area (Å²) in [4.78, 5) is 35.8. The number of urea groups is 1. The quantitative estimate of drug-likeness (QED) is 0.622. The Kier molecular flexibility index (Phi) is 5.05. The van der Waals surface area contributed by atoms with Crippen LogP contribution in [0.3, 0.4) is 0 Å². The van der Waals surface area contributed by atoms with Crippen LogP contribution in [-0.4, -0.2) is 40.0 Å². The Morgan fingerprint density at radius 2 is 1.84 bits per heavy atom. The zero-order chi connectivity index (χ0) is 22.2. The van der Waals surface area contributed by atoms with Gasteiger partial charge in [-0.3, -0.25) is 0 Å². The number of aromatic nitrogens is 2. The molecule has 3 heterocycles. The Labute approximate surface area is 184 Å². The number of hydrogen-bond donors (Lipinski definition) is 1. The van der Waals surface area contributed by atoms with Gasteiger partial charge in [-0.25, -0.2) is 23.9 Å². The van der Waals surface area contributed by atoms with E-state index in [-0.39, 0.29) is 23.9 Å². The number of anilines is 1. The van der Waals surface area contributed by atoms with E-state index in [0.29, 0.717) is 23.5 Å². The van der Waals surface area contributed by atoms with Gasteiger partial charge in [0.15, 0.2) is 5.82 Å². The van der Waals surface area contributed by atoms with Gasteiger partial charge in [0, 0.05) is 35.5 Å². The summed E-state index contributed by atoms with van der Waals surface area (Å²) < 4.78 is 17.9. The van der Waals surface area contributed by atoms with E-state index < -0.39 is 5.97 Å². The molecule has 2 aromatic carbocycles. The number of ether oxygens (including phenoxy) is 1. The number of nitrogens with zero attached hydrogens (tertiary/aromatic N) is 3. The number of carbonyl (C=O) groups excluding carboxylic acids is 2. The number of methoxy groups -OCH3 is 1. The van der Waals surface area contributed by atoms with Crippen LogP contribution in [0.15, 0.2) is 54.7 Å². The molecule has 1 fully saturated rings. The Balaban J connectivity index is 1.35. The van der Waals surface area contributed by atoms with Crippen molar-refractivity contribution in [1.29, 1.82) is 0 Å². The van der Waals surface area contributed by atoms with Crippen molar-refractivity contribution < 1.29 is 18.7 Å². The Morgan fingerprint density at radius 3 is 2.56 bits per heavy atom. The molecule has 2 bridgehead atoms. The van der Waals surface area contributed by atoms with Gasteiger partial charge in [-0.15, -0.1) is 0 Å². The highest BCUT2D eigenvalue weighted by Crippen LogP contribution is 2.43. The summed E-state index contributed by atoms with van der Waals surface area (Å²) in [5.74, 6) is -0.161. The summed E-state index contributed by atoms with van der Waals surface area (Å²) in [6.07, 6.45) is 4.18. The number of carbonyl (C=O) groups is 2. The minimum atomic E-state index is -0.423. The highest BCUT2D eigenvalue weighted by molar-refractivity contribution is 5.92. The van der Waals surface area contributed by atoms with E-state index in [1.54, 1.807) is 42.6 Å². The highest BCUT2D eigenvalue weighted by atomic mass is 19.1. The van der Waals surface area contributed by atoms with Crippen LogP contribution in [0.25, 0.3) is 11.4 Å². The standard InChI is InChI=1S/C24H21FN4O3/c1-32-23(30)15-4-8-17(9-5-15)27-24(31)29-18-10-11-21(29)19-13-26-22(28-20(19)12-18)14-2-6-16(25)7-3-14/h2-9,13,18,21H,10-12H2,1H3,(H,27,31). The number of benzene rings is 2. The molecule has 1 N–H and O–H groups in total. The second-order valence-corrected chi connectivity index (χ2v) is 7.96. The molecule has 7 nitrogen and oxygen atoms in total. The van der Waals surface area contributed by atoms with Crippen LogP contribution < -0.4 is 5.32 Å². The minimum absolute atomic E-state index is 0.0535. The molecule has 1 saturated heterocycles. The Hall–Kier alpha value is -3.81. The van der Waals surface area contributed by atoms with Crippen LogP contribution in [0.2, 0.25) is 0 Å². The van der Waals surface area contributed by atoms with Crippen LogP contribution in [0.4, 0.5) is 14.9 Å². The topological polar surface area (TPSA) is 84.4 Å². The average molecular weight is 432 g/mol. The van der Waals surface area contributed by atoms with Crippen molar-refractivity contribution in [3.8, 4) is 11.4 Å². The maximum atomic E-state index is 13.2. The summed E-state index contributed by atoms with van der Waals surface area (Å²) in [7, 11) is 1.33. The molecule has 0 radical (unpaired) electrons. The fraction of sp³-hybridized carbons (Fsp3) is 0.250. The summed E-state index contributed by atoms with van der Waals surface area (Å²) in [5, 5.41) is 2.93. The van der Waals surface area contributed by atoms with Crippen molar-refractivity contribution in [2.45, 2.75) is 31.3 Å². The molecule has 8 heteroatoms. The van der Waals surface area contributed by atoms with E-state index in [2.05, 4.69) is 10.3 Å². The van der Waals surface area contributed by atoms with E-state index in [0.717, 1.165) is 29.7 Å². The SMILES string of the molecule is COC(=O)c1ccc(NC(=O)N2C3CCC2c2cnc(-c4ccc(F)cc4)nc2C3)cc1. The molecular weight excluding hydrogens is 411 g/mol. The summed E-state index contributed by atoms with van der Waals surface area (Å²) >= 11 is 0. The maximum Gasteiger partial charge on any atom is 0.337 e. The number of fused-ring (bicyclic) bond motifs is 4. The first-order valence-corrected chi connectivity index (χ1v) is 10.4. The van der Waals surface area contributed by atoms with Crippen molar-refractivity contribution >= 4 is 17.7 Å². The van der Waals surface area contributed by atoms with Gasteiger partial charge in [0.25, 0.3) is 0 Å². The fourth-order valence-electron chi connectivity index (χ4n) is 4.52. The van der Waals surface area contributed by atoms with Crippen LogP contribution in [-0.2, 0) is 11.2 Å². The summed E-state index contributed by atoms with van der Waals surface area (Å²) in [6, 6.07) is 12.5. The highest BCUT2D eigenvalue weighted by Gasteiger charge is 2.43. The molecule has 0 saturated carbocycles. The summed E-state index contributed by atoms with van der Waals surface area (Å²) in [6.45, 7) is 0. The zero-order valence-corrected chi connectivity index (χ0v) is 17.4. The predicted octanol–water partition coefficient (Wildman–Crippen LogP) is 4.36. The molecule has 32 heavy (non-hydrogen) atoms. The van der Waals surface area contributed by atoms with Crippen LogP contribution >= 0.6 is 0 Å². The van der Waals surface area contributed by atoms with Crippen molar-refractivity contribution in [2.75, 3.05) is 12.4 Å². The third-order valence-corrected chi connectivity index (χ3v) is 6.08. The molecule has 162 valence electrons. The Morgan fingerprint density at radius 1 is 1.09 bits per heavy atom. The number of rotatable bonds is 3. The molecule has 2 aliphatic heterocycles. The molecule has 5 rings (SSSR count). The molecule has 3 aromatic rings. The number of esters is 1. The molecule has 0 spiro atoms. The normalized spacial score (nSPS) is 18.8. The second kappa shape index (κ2) is 8.03. The van der Waals surface area contributed by atoms with E-state index in [1.165, 1.54) is 19.2 Å². The third-order valence-electron chi connectivity index (χ3n) is 6.08. The first-order chi connectivity index (χ1) is 15.5. The molecule has 0 aliphatic carbocycles. The lowest BCUT2D eigenvalue weighted by Gasteiger charge is -2.35. The lowest BCUT2D eigenvalue weighted by atomic mass is 9.99. The molecular formula is C24H21FN4O3. The van der Waals surface area contributed by atoms with Crippen LogP contribution in [0.1, 0.15) is 40.5 Å². The molecule has 2 atom stereocenters. The van der Waals surface area contributed by atoms with Gasteiger partial charge in [0.1, 0.15) is 5.82 Å². The van der Waals surface area contributed by atoms with Gasteiger partial charge in [0.2, 0.25) is 0 Å². The van der Waals surface area contributed by atoms with Crippen molar-refractivity contribution in [3.63, 3.8) is 0 Å². The lowest BCUT2D eigenvalue weighted by Crippen LogP contribution is -2.44. The molecule has 2 amide bonds. The van der Waals surface area contributed by atoms with Crippen molar-refractivity contribution in [3.05, 3.63) is 77.4 Å². The van der Waals surface area contributed by atoms with E-state index in [4.69, 9.17) is 9.72 Å². The van der Waals surface area contributed by atoms with Gasteiger partial charge in [-0.2, -0.15) is 0 Å². The van der Waals surface area contributed by atoms with Crippen LogP contribution in [0.5, 0.6) is 0 Å². The third kappa shape index (κ3) is 3.57. The Bertz CT molecular complexity index is 1180. The second-order valence-electron chi connectivity index (χ2n) is 7.96. The van der Waals surface area contributed by atoms with Crippen molar-refractivity contribution in [2.24, 2.45) is 0 Å². The van der Waals surface area contributed by atoms with Crippen LogP contribution in [0, 0.1) is 5.82 Å². The maximum absolute atomic E-state index is 13.2. The van der Waals surface area contributed by atoms with Gasteiger partial charge < -0.3 is 15.0 Å². The number of halogens is 1. The summed E-state index contributed by atoms with van der Waals surface area (Å²) in [5.41, 5.74) is 3.69. The predicted molar refractivity (Wildman–Crippen MR) is 116 cm³/mol.